The molecular weight excluding hydrogens is 332 g/mol. The summed E-state index contributed by atoms with van der Waals surface area (Å²) in [5.74, 6) is -0.690. The number of nitrogens with zero attached hydrogens (tertiary/aromatic N) is 1. The number of ether oxygens (including phenoxy) is 2. The lowest BCUT2D eigenvalue weighted by molar-refractivity contribution is -0.148. The van der Waals surface area contributed by atoms with E-state index in [0.717, 1.165) is 5.56 Å². The van der Waals surface area contributed by atoms with Gasteiger partial charge in [0.25, 0.3) is 0 Å². The van der Waals surface area contributed by atoms with Crippen molar-refractivity contribution in [2.75, 3.05) is 19.7 Å². The number of likely N-dealkylation sites (tertiary alicyclic amines) is 1. The predicted molar refractivity (Wildman–Crippen MR) is 99.7 cm³/mol. The van der Waals surface area contributed by atoms with Gasteiger partial charge in [0.15, 0.2) is 0 Å². The smallest absolute Gasteiger partial charge is 0.410 e. The minimum Gasteiger partial charge on any atom is -0.466 e. The van der Waals surface area contributed by atoms with E-state index >= 15 is 0 Å². The van der Waals surface area contributed by atoms with Gasteiger partial charge in [-0.25, -0.2) is 4.79 Å². The van der Waals surface area contributed by atoms with Gasteiger partial charge in [-0.05, 0) is 40.2 Å². The number of hydrogen-bond acceptors (Lipinski definition) is 5. The summed E-state index contributed by atoms with van der Waals surface area (Å²) in [4.78, 5) is 26.4. The van der Waals surface area contributed by atoms with E-state index in [1.807, 2.05) is 58.0 Å². The van der Waals surface area contributed by atoms with Crippen LogP contribution in [0.4, 0.5) is 4.79 Å². The Morgan fingerprint density at radius 3 is 2.46 bits per heavy atom. The normalized spacial score (nSPS) is 21.3. The fourth-order valence-electron chi connectivity index (χ4n) is 3.10. The molecule has 1 aromatic carbocycles. The molecule has 1 aliphatic heterocycles. The average Bonchev–Trinajstić information content (AvgIpc) is 2.98. The van der Waals surface area contributed by atoms with Crippen LogP contribution in [-0.2, 0) is 14.3 Å². The fraction of sp³-hybridized carbons (Fsp3) is 0.600. The molecular formula is C20H30N2O4. The number of amides is 1. The van der Waals surface area contributed by atoms with Gasteiger partial charge < -0.3 is 19.7 Å². The van der Waals surface area contributed by atoms with Gasteiger partial charge in [0.1, 0.15) is 5.60 Å². The second kappa shape index (κ2) is 8.54. The highest BCUT2D eigenvalue weighted by Gasteiger charge is 2.42. The van der Waals surface area contributed by atoms with E-state index < -0.39 is 17.6 Å². The van der Waals surface area contributed by atoms with Gasteiger partial charge in [-0.3, -0.25) is 4.79 Å². The predicted octanol–water partition coefficient (Wildman–Crippen LogP) is 3.14. The molecule has 1 N–H and O–H groups in total. The monoisotopic (exact) mass is 362 g/mol. The number of rotatable bonds is 5. The second-order valence-electron chi connectivity index (χ2n) is 7.65. The lowest BCUT2D eigenvalue weighted by atomic mass is 10.0. The Morgan fingerprint density at radius 1 is 1.23 bits per heavy atom. The molecule has 26 heavy (non-hydrogen) atoms. The van der Waals surface area contributed by atoms with Crippen LogP contribution in [0, 0.1) is 5.92 Å². The number of benzene rings is 1. The summed E-state index contributed by atoms with van der Waals surface area (Å²) < 4.78 is 10.7. The third kappa shape index (κ3) is 5.46. The molecule has 1 saturated heterocycles. The number of esters is 1. The van der Waals surface area contributed by atoms with E-state index in [0.29, 0.717) is 19.7 Å². The van der Waals surface area contributed by atoms with Crippen LogP contribution in [0.2, 0.25) is 0 Å². The molecule has 3 unspecified atom stereocenters. The van der Waals surface area contributed by atoms with E-state index in [1.165, 1.54) is 0 Å². The number of hydrogen-bond donors (Lipinski definition) is 1. The molecule has 1 heterocycles. The molecule has 6 nitrogen and oxygen atoms in total. The third-order valence-corrected chi connectivity index (χ3v) is 4.32. The maximum absolute atomic E-state index is 12.4. The highest BCUT2D eigenvalue weighted by molar-refractivity contribution is 5.77. The van der Waals surface area contributed by atoms with Gasteiger partial charge in [0.2, 0.25) is 0 Å². The molecule has 1 aliphatic rings. The summed E-state index contributed by atoms with van der Waals surface area (Å²) in [6, 6.07) is 9.89. The zero-order chi connectivity index (χ0) is 19.3. The number of nitrogens with one attached hydrogen (secondary N) is 1. The Balaban J connectivity index is 2.10. The zero-order valence-electron chi connectivity index (χ0n) is 16.3. The first-order valence-corrected chi connectivity index (χ1v) is 9.17. The molecule has 6 heteroatoms. The molecule has 0 bridgehead atoms. The van der Waals surface area contributed by atoms with Crippen molar-refractivity contribution in [2.24, 2.45) is 5.92 Å². The van der Waals surface area contributed by atoms with Crippen molar-refractivity contribution >= 4 is 12.1 Å². The minimum absolute atomic E-state index is 0.0525. The van der Waals surface area contributed by atoms with E-state index in [4.69, 9.17) is 9.47 Å². The SMILES string of the molecule is CCOC(=O)C1CN(C(=O)OC(C)(C)C)CC1NC(C)c1ccccc1. The zero-order valence-corrected chi connectivity index (χ0v) is 16.3. The van der Waals surface area contributed by atoms with E-state index in [-0.39, 0.29) is 18.1 Å². The van der Waals surface area contributed by atoms with E-state index in [9.17, 15) is 9.59 Å². The van der Waals surface area contributed by atoms with Crippen molar-refractivity contribution in [3.63, 3.8) is 0 Å². The van der Waals surface area contributed by atoms with Crippen molar-refractivity contribution in [1.29, 1.82) is 0 Å². The van der Waals surface area contributed by atoms with Crippen LogP contribution in [0.25, 0.3) is 0 Å². The van der Waals surface area contributed by atoms with Crippen LogP contribution in [0.5, 0.6) is 0 Å². The number of carbonyl (C=O) groups is 2. The van der Waals surface area contributed by atoms with Crippen molar-refractivity contribution < 1.29 is 19.1 Å². The molecule has 2 rings (SSSR count). The Kier molecular flexibility index (Phi) is 6.64. The summed E-state index contributed by atoms with van der Waals surface area (Å²) in [5, 5.41) is 3.48. The lowest BCUT2D eigenvalue weighted by Crippen LogP contribution is -2.41. The highest BCUT2D eigenvalue weighted by atomic mass is 16.6. The van der Waals surface area contributed by atoms with Gasteiger partial charge in [-0.1, -0.05) is 30.3 Å². The summed E-state index contributed by atoms with van der Waals surface area (Å²) in [6.45, 7) is 10.4. The Bertz CT molecular complexity index is 612. The number of carbonyl (C=O) groups excluding carboxylic acids is 2. The van der Waals surface area contributed by atoms with Gasteiger partial charge in [0.05, 0.1) is 12.5 Å². The molecule has 1 amide bonds. The Morgan fingerprint density at radius 2 is 1.88 bits per heavy atom. The van der Waals surface area contributed by atoms with Crippen LogP contribution in [-0.4, -0.2) is 48.3 Å². The Hall–Kier alpha value is -2.08. The molecule has 144 valence electrons. The van der Waals surface area contributed by atoms with Crippen LogP contribution in [0.3, 0.4) is 0 Å². The van der Waals surface area contributed by atoms with E-state index in [2.05, 4.69) is 5.32 Å². The van der Waals surface area contributed by atoms with Crippen LogP contribution >= 0.6 is 0 Å². The molecule has 0 radical (unpaired) electrons. The lowest BCUT2D eigenvalue weighted by Gasteiger charge is -2.25. The van der Waals surface area contributed by atoms with Gasteiger partial charge >= 0.3 is 12.1 Å². The fourth-order valence-corrected chi connectivity index (χ4v) is 3.10. The first-order valence-electron chi connectivity index (χ1n) is 9.17. The van der Waals surface area contributed by atoms with Gasteiger partial charge in [-0.2, -0.15) is 0 Å². The quantitative estimate of drug-likeness (QED) is 0.815. The maximum atomic E-state index is 12.4. The molecule has 0 spiro atoms. The van der Waals surface area contributed by atoms with Crippen molar-refractivity contribution in [2.45, 2.75) is 52.3 Å². The largest absolute Gasteiger partial charge is 0.466 e. The molecule has 1 fully saturated rings. The van der Waals surface area contributed by atoms with E-state index in [1.54, 1.807) is 11.8 Å². The molecule has 3 atom stereocenters. The maximum Gasteiger partial charge on any atom is 0.410 e. The van der Waals surface area contributed by atoms with Gasteiger partial charge in [-0.15, -0.1) is 0 Å². The average molecular weight is 362 g/mol. The summed E-state index contributed by atoms with van der Waals surface area (Å²) in [7, 11) is 0. The topological polar surface area (TPSA) is 67.9 Å². The summed E-state index contributed by atoms with van der Waals surface area (Å²) >= 11 is 0. The van der Waals surface area contributed by atoms with Crippen molar-refractivity contribution in [3.8, 4) is 0 Å². The molecule has 0 saturated carbocycles. The Labute approximate surface area is 155 Å². The third-order valence-electron chi connectivity index (χ3n) is 4.32. The first-order chi connectivity index (χ1) is 12.2. The summed E-state index contributed by atoms with van der Waals surface area (Å²) in [6.07, 6.45) is -0.400. The highest BCUT2D eigenvalue weighted by Crippen LogP contribution is 2.24. The minimum atomic E-state index is -0.570. The first kappa shape index (κ1) is 20.2. The molecule has 1 aromatic rings. The standard InChI is InChI=1S/C20H30N2O4/c1-6-25-18(23)16-12-22(19(24)26-20(3,4)5)13-17(16)21-14(2)15-10-8-7-9-11-15/h7-11,14,16-17,21H,6,12-13H2,1-5H3. The summed E-state index contributed by atoms with van der Waals surface area (Å²) in [5.41, 5.74) is 0.560. The van der Waals surface area contributed by atoms with Crippen LogP contribution in [0.1, 0.15) is 46.2 Å². The van der Waals surface area contributed by atoms with Crippen LogP contribution in [0.15, 0.2) is 30.3 Å². The molecule has 0 aliphatic carbocycles. The second-order valence-corrected chi connectivity index (χ2v) is 7.65. The van der Waals surface area contributed by atoms with Crippen molar-refractivity contribution in [1.82, 2.24) is 10.2 Å². The molecule has 0 aromatic heterocycles. The van der Waals surface area contributed by atoms with Crippen molar-refractivity contribution in [3.05, 3.63) is 35.9 Å². The van der Waals surface area contributed by atoms with Gasteiger partial charge in [0, 0.05) is 25.2 Å². The van der Waals surface area contributed by atoms with Crippen LogP contribution < -0.4 is 5.32 Å².